The minimum atomic E-state index is -0.856. The average Bonchev–Trinajstić information content (AvgIpc) is 2.98. The van der Waals surface area contributed by atoms with Crippen LogP contribution in [0.1, 0.15) is 50.4 Å². The van der Waals surface area contributed by atoms with Gasteiger partial charge in [0.15, 0.2) is 0 Å². The third-order valence-electron chi connectivity index (χ3n) is 4.33. The number of hydrogen-bond donors (Lipinski definition) is 2. The topological polar surface area (TPSA) is 86.3 Å². The van der Waals surface area contributed by atoms with Crippen LogP contribution in [-0.2, 0) is 9.59 Å². The van der Waals surface area contributed by atoms with Crippen LogP contribution in [0.25, 0.3) is 11.0 Å². The molecule has 1 unspecified atom stereocenters. The molecule has 1 atom stereocenters. The van der Waals surface area contributed by atoms with Gasteiger partial charge >= 0.3 is 5.97 Å². The smallest absolute Gasteiger partial charge is 0.303 e. The highest BCUT2D eigenvalue weighted by Crippen LogP contribution is 2.31. The molecule has 2 heterocycles. The fraction of sp³-hybridized carbons (Fsp3) is 0.471. The van der Waals surface area contributed by atoms with E-state index in [2.05, 4.69) is 9.97 Å². The second-order valence-electron chi connectivity index (χ2n) is 5.99. The first-order chi connectivity index (χ1) is 11.1. The number of carbonyl (C=O) groups excluding carboxylic acids is 1. The Morgan fingerprint density at radius 2 is 2.09 bits per heavy atom. The third-order valence-corrected chi connectivity index (χ3v) is 4.33. The normalized spacial score (nSPS) is 18.3. The number of aliphatic carboxylic acids is 1. The predicted octanol–water partition coefficient (Wildman–Crippen LogP) is 2.87. The summed E-state index contributed by atoms with van der Waals surface area (Å²) in [5.74, 6) is -0.000769. The van der Waals surface area contributed by atoms with E-state index in [4.69, 9.17) is 5.11 Å². The summed E-state index contributed by atoms with van der Waals surface area (Å²) < 4.78 is 0. The van der Waals surface area contributed by atoms with Gasteiger partial charge in [0.25, 0.3) is 0 Å². The Labute approximate surface area is 134 Å². The summed E-state index contributed by atoms with van der Waals surface area (Å²) in [7, 11) is 0. The van der Waals surface area contributed by atoms with Crippen molar-refractivity contribution in [3.63, 3.8) is 0 Å². The first-order valence-corrected chi connectivity index (χ1v) is 8.11. The average molecular weight is 315 g/mol. The molecule has 1 aliphatic heterocycles. The number of H-pyrrole nitrogens is 1. The lowest BCUT2D eigenvalue weighted by Crippen LogP contribution is -2.38. The molecular weight excluding hydrogens is 294 g/mol. The number of fused-ring (bicyclic) bond motifs is 1. The van der Waals surface area contributed by atoms with Gasteiger partial charge in [-0.2, -0.15) is 0 Å². The number of carboxylic acid groups (broad SMARTS) is 1. The monoisotopic (exact) mass is 315 g/mol. The summed E-state index contributed by atoms with van der Waals surface area (Å²) in [6.07, 6.45) is 3.65. The quantitative estimate of drug-likeness (QED) is 0.888. The zero-order valence-corrected chi connectivity index (χ0v) is 13.0. The lowest BCUT2D eigenvalue weighted by molar-refractivity contribution is -0.138. The van der Waals surface area contributed by atoms with Crippen molar-refractivity contribution in [2.75, 3.05) is 6.54 Å². The molecule has 3 rings (SSSR count). The molecule has 6 heteroatoms. The molecule has 2 aromatic rings. The second-order valence-corrected chi connectivity index (χ2v) is 5.99. The van der Waals surface area contributed by atoms with E-state index in [1.54, 1.807) is 0 Å². The molecule has 0 aliphatic carbocycles. The van der Waals surface area contributed by atoms with Gasteiger partial charge in [-0.3, -0.25) is 9.59 Å². The van der Waals surface area contributed by atoms with Crippen molar-refractivity contribution < 1.29 is 14.7 Å². The number of aromatic nitrogens is 2. The number of likely N-dealkylation sites (tertiary alicyclic amines) is 1. The molecule has 0 spiro atoms. The maximum absolute atomic E-state index is 12.5. The van der Waals surface area contributed by atoms with Gasteiger partial charge in [0.05, 0.1) is 17.1 Å². The summed E-state index contributed by atoms with van der Waals surface area (Å²) in [6.45, 7) is 0.716. The van der Waals surface area contributed by atoms with Crippen LogP contribution in [0.4, 0.5) is 0 Å². The molecule has 1 amide bonds. The lowest BCUT2D eigenvalue weighted by Gasteiger charge is -2.34. The Hall–Kier alpha value is -2.37. The van der Waals surface area contributed by atoms with Gasteiger partial charge < -0.3 is 15.0 Å². The van der Waals surface area contributed by atoms with Crippen molar-refractivity contribution in [1.29, 1.82) is 0 Å². The SMILES string of the molecule is O=C(O)CCCC(=O)N1CCCCC1c1nc2ccccc2[nH]1. The van der Waals surface area contributed by atoms with Crippen molar-refractivity contribution >= 4 is 22.9 Å². The van der Waals surface area contributed by atoms with Gasteiger partial charge in [-0.1, -0.05) is 12.1 Å². The molecule has 1 aromatic heterocycles. The molecule has 0 radical (unpaired) electrons. The van der Waals surface area contributed by atoms with Crippen molar-refractivity contribution in [2.45, 2.75) is 44.6 Å². The molecule has 0 bridgehead atoms. The first kappa shape index (κ1) is 15.5. The van der Waals surface area contributed by atoms with Crippen LogP contribution in [-0.4, -0.2) is 38.4 Å². The number of rotatable bonds is 5. The second kappa shape index (κ2) is 6.81. The number of piperidine rings is 1. The Morgan fingerprint density at radius 1 is 1.26 bits per heavy atom. The summed E-state index contributed by atoms with van der Waals surface area (Å²) in [5, 5.41) is 8.71. The number of amides is 1. The molecule has 122 valence electrons. The Balaban J connectivity index is 1.75. The van der Waals surface area contributed by atoms with E-state index >= 15 is 0 Å². The van der Waals surface area contributed by atoms with Crippen LogP contribution in [0, 0.1) is 0 Å². The van der Waals surface area contributed by atoms with E-state index < -0.39 is 5.97 Å². The van der Waals surface area contributed by atoms with Crippen LogP contribution in [0.5, 0.6) is 0 Å². The van der Waals surface area contributed by atoms with E-state index in [1.807, 2.05) is 29.2 Å². The zero-order chi connectivity index (χ0) is 16.2. The fourth-order valence-corrected chi connectivity index (χ4v) is 3.18. The number of benzene rings is 1. The van der Waals surface area contributed by atoms with Crippen LogP contribution in [0.15, 0.2) is 24.3 Å². The van der Waals surface area contributed by atoms with Gasteiger partial charge in [-0.05, 0) is 37.8 Å². The maximum atomic E-state index is 12.5. The van der Waals surface area contributed by atoms with Gasteiger partial charge in [0.1, 0.15) is 5.82 Å². The standard InChI is InChI=1S/C17H21N3O3/c21-15(9-5-10-16(22)23)20-11-4-3-8-14(20)17-18-12-6-1-2-7-13(12)19-17/h1-2,6-7,14H,3-5,8-11H2,(H,18,19)(H,22,23). The number of imidazole rings is 1. The van der Waals surface area contributed by atoms with Crippen LogP contribution in [0.2, 0.25) is 0 Å². The van der Waals surface area contributed by atoms with Crippen LogP contribution in [0.3, 0.4) is 0 Å². The fourth-order valence-electron chi connectivity index (χ4n) is 3.18. The minimum Gasteiger partial charge on any atom is -0.481 e. The number of hydrogen-bond acceptors (Lipinski definition) is 3. The van der Waals surface area contributed by atoms with Gasteiger partial charge in [-0.15, -0.1) is 0 Å². The van der Waals surface area contributed by atoms with Crippen molar-refractivity contribution in [2.24, 2.45) is 0 Å². The number of carbonyl (C=O) groups is 2. The number of para-hydroxylation sites is 2. The summed E-state index contributed by atoms with van der Waals surface area (Å²) >= 11 is 0. The van der Waals surface area contributed by atoms with E-state index in [9.17, 15) is 9.59 Å². The molecule has 6 nitrogen and oxygen atoms in total. The van der Waals surface area contributed by atoms with Crippen molar-refractivity contribution in [1.82, 2.24) is 14.9 Å². The molecule has 1 aromatic carbocycles. The molecule has 1 aliphatic rings. The molecule has 1 saturated heterocycles. The predicted molar refractivity (Wildman–Crippen MR) is 85.9 cm³/mol. The van der Waals surface area contributed by atoms with Crippen molar-refractivity contribution in [3.8, 4) is 0 Å². The summed E-state index contributed by atoms with van der Waals surface area (Å²) in [5.41, 5.74) is 1.89. The highest BCUT2D eigenvalue weighted by atomic mass is 16.4. The van der Waals surface area contributed by atoms with E-state index in [1.165, 1.54) is 0 Å². The zero-order valence-electron chi connectivity index (χ0n) is 13.0. The number of carboxylic acids is 1. The summed E-state index contributed by atoms with van der Waals surface area (Å²) in [4.78, 5) is 32.9. The van der Waals surface area contributed by atoms with Crippen molar-refractivity contribution in [3.05, 3.63) is 30.1 Å². The lowest BCUT2D eigenvalue weighted by atomic mass is 10.0. The molecular formula is C17H21N3O3. The maximum Gasteiger partial charge on any atom is 0.303 e. The summed E-state index contributed by atoms with van der Waals surface area (Å²) in [6, 6.07) is 7.81. The van der Waals surface area contributed by atoms with Gasteiger partial charge in [-0.25, -0.2) is 4.98 Å². The van der Waals surface area contributed by atoms with Crippen LogP contribution >= 0.6 is 0 Å². The molecule has 1 fully saturated rings. The van der Waals surface area contributed by atoms with E-state index in [0.717, 1.165) is 36.1 Å². The molecule has 2 N–H and O–H groups in total. The number of nitrogens with one attached hydrogen (secondary N) is 1. The minimum absolute atomic E-state index is 0.0245. The highest BCUT2D eigenvalue weighted by molar-refractivity contribution is 5.78. The largest absolute Gasteiger partial charge is 0.481 e. The van der Waals surface area contributed by atoms with Crippen LogP contribution < -0.4 is 0 Å². The molecule has 0 saturated carbocycles. The van der Waals surface area contributed by atoms with E-state index in [0.29, 0.717) is 13.0 Å². The Bertz CT molecular complexity index is 677. The Morgan fingerprint density at radius 3 is 2.87 bits per heavy atom. The van der Waals surface area contributed by atoms with Gasteiger partial charge in [0, 0.05) is 19.4 Å². The molecule has 23 heavy (non-hydrogen) atoms. The number of aromatic amines is 1. The Kier molecular flexibility index (Phi) is 4.60. The number of nitrogens with zero attached hydrogens (tertiary/aromatic N) is 2. The van der Waals surface area contributed by atoms with Gasteiger partial charge in [0.2, 0.25) is 5.91 Å². The third kappa shape index (κ3) is 3.52. The first-order valence-electron chi connectivity index (χ1n) is 8.11. The highest BCUT2D eigenvalue weighted by Gasteiger charge is 2.29. The van der Waals surface area contributed by atoms with E-state index in [-0.39, 0.29) is 24.8 Å².